The van der Waals surface area contributed by atoms with Gasteiger partial charge in [-0.3, -0.25) is 4.79 Å². The van der Waals surface area contributed by atoms with Crippen LogP contribution in [-0.2, 0) is 11.3 Å². The standard InChI is InChI=1S/C14H16N4O/c1-10-8-12(10)14(19)16-9-11-4-2-5-15-13(11)18-7-3-6-17-18/h2-7,10,12H,8-9H2,1H3,(H,16,19)/t10-,12+/m1/s1. The lowest BCUT2D eigenvalue weighted by Crippen LogP contribution is -2.25. The number of nitrogens with zero attached hydrogens (tertiary/aromatic N) is 3. The summed E-state index contributed by atoms with van der Waals surface area (Å²) in [5.41, 5.74) is 0.966. The van der Waals surface area contributed by atoms with Crippen molar-refractivity contribution in [1.82, 2.24) is 20.1 Å². The molecule has 0 aromatic carbocycles. The van der Waals surface area contributed by atoms with Crippen molar-refractivity contribution in [2.24, 2.45) is 11.8 Å². The van der Waals surface area contributed by atoms with Crippen LogP contribution in [0.25, 0.3) is 5.82 Å². The third-order valence-corrected chi connectivity index (χ3v) is 3.49. The van der Waals surface area contributed by atoms with E-state index in [4.69, 9.17) is 0 Å². The van der Waals surface area contributed by atoms with Gasteiger partial charge < -0.3 is 5.32 Å². The van der Waals surface area contributed by atoms with Gasteiger partial charge in [0.25, 0.3) is 0 Å². The first-order valence-electron chi connectivity index (χ1n) is 6.47. The van der Waals surface area contributed by atoms with Crippen molar-refractivity contribution >= 4 is 5.91 Å². The maximum absolute atomic E-state index is 11.8. The molecule has 5 heteroatoms. The highest BCUT2D eigenvalue weighted by Gasteiger charge is 2.38. The molecule has 3 rings (SSSR count). The predicted octanol–water partition coefficient (Wildman–Crippen LogP) is 1.54. The summed E-state index contributed by atoms with van der Waals surface area (Å²) in [7, 11) is 0. The largest absolute Gasteiger partial charge is 0.352 e. The molecule has 0 saturated heterocycles. The highest BCUT2D eigenvalue weighted by Crippen LogP contribution is 2.37. The minimum Gasteiger partial charge on any atom is -0.352 e. The van der Waals surface area contributed by atoms with Crippen LogP contribution in [0.5, 0.6) is 0 Å². The molecule has 1 aliphatic carbocycles. The van der Waals surface area contributed by atoms with Gasteiger partial charge in [-0.15, -0.1) is 0 Å². The summed E-state index contributed by atoms with van der Waals surface area (Å²) in [5, 5.41) is 7.15. The van der Waals surface area contributed by atoms with Crippen LogP contribution in [0, 0.1) is 11.8 Å². The molecule has 1 saturated carbocycles. The Morgan fingerprint density at radius 2 is 2.32 bits per heavy atom. The average Bonchev–Trinajstić information content (AvgIpc) is 2.94. The summed E-state index contributed by atoms with van der Waals surface area (Å²) in [6.07, 6.45) is 6.29. The molecule has 1 aliphatic rings. The van der Waals surface area contributed by atoms with Crippen molar-refractivity contribution in [3.05, 3.63) is 42.4 Å². The Hall–Kier alpha value is -2.17. The second-order valence-corrected chi connectivity index (χ2v) is 4.97. The van der Waals surface area contributed by atoms with Gasteiger partial charge in [-0.2, -0.15) is 5.10 Å². The Balaban J connectivity index is 1.72. The van der Waals surface area contributed by atoms with E-state index in [0.717, 1.165) is 17.8 Å². The van der Waals surface area contributed by atoms with Crippen LogP contribution in [-0.4, -0.2) is 20.7 Å². The number of hydrogen-bond donors (Lipinski definition) is 1. The van der Waals surface area contributed by atoms with Crippen LogP contribution in [0.3, 0.4) is 0 Å². The summed E-state index contributed by atoms with van der Waals surface area (Å²) in [6.45, 7) is 2.59. The van der Waals surface area contributed by atoms with Gasteiger partial charge in [-0.25, -0.2) is 9.67 Å². The van der Waals surface area contributed by atoms with E-state index in [1.807, 2.05) is 24.4 Å². The molecule has 1 N–H and O–H groups in total. The molecule has 2 aromatic heterocycles. The Morgan fingerprint density at radius 1 is 1.47 bits per heavy atom. The molecular formula is C14H16N4O. The molecule has 5 nitrogen and oxygen atoms in total. The van der Waals surface area contributed by atoms with E-state index in [2.05, 4.69) is 22.3 Å². The molecular weight excluding hydrogens is 240 g/mol. The Labute approximate surface area is 111 Å². The zero-order valence-corrected chi connectivity index (χ0v) is 10.8. The number of amides is 1. The van der Waals surface area contributed by atoms with Gasteiger partial charge in [0.05, 0.1) is 0 Å². The molecule has 1 amide bonds. The molecule has 2 atom stereocenters. The van der Waals surface area contributed by atoms with E-state index < -0.39 is 0 Å². The molecule has 19 heavy (non-hydrogen) atoms. The molecule has 2 heterocycles. The minimum atomic E-state index is 0.141. The van der Waals surface area contributed by atoms with Crippen LogP contribution >= 0.6 is 0 Å². The lowest BCUT2D eigenvalue weighted by molar-refractivity contribution is -0.122. The zero-order valence-electron chi connectivity index (χ0n) is 10.8. The Morgan fingerprint density at radius 3 is 3.00 bits per heavy atom. The second kappa shape index (κ2) is 4.84. The quantitative estimate of drug-likeness (QED) is 0.902. The van der Waals surface area contributed by atoms with Crippen LogP contribution in [0.2, 0.25) is 0 Å². The lowest BCUT2D eigenvalue weighted by atomic mass is 10.2. The molecule has 0 spiro atoms. The van der Waals surface area contributed by atoms with Crippen molar-refractivity contribution in [3.63, 3.8) is 0 Å². The van der Waals surface area contributed by atoms with E-state index >= 15 is 0 Å². The summed E-state index contributed by atoms with van der Waals surface area (Å²) in [4.78, 5) is 16.2. The molecule has 2 aromatic rings. The maximum atomic E-state index is 11.8. The fourth-order valence-corrected chi connectivity index (χ4v) is 2.17. The zero-order chi connectivity index (χ0) is 13.2. The summed E-state index contributed by atoms with van der Waals surface area (Å²) in [5.74, 6) is 1.63. The van der Waals surface area contributed by atoms with Gasteiger partial charge in [0.2, 0.25) is 5.91 Å². The number of carbonyl (C=O) groups excluding carboxylic acids is 1. The van der Waals surface area contributed by atoms with Gasteiger partial charge in [0, 0.05) is 36.6 Å². The third-order valence-electron chi connectivity index (χ3n) is 3.49. The smallest absolute Gasteiger partial charge is 0.223 e. The number of nitrogens with one attached hydrogen (secondary N) is 1. The van der Waals surface area contributed by atoms with E-state index in [1.165, 1.54) is 0 Å². The number of carbonyl (C=O) groups is 1. The van der Waals surface area contributed by atoms with E-state index in [-0.39, 0.29) is 11.8 Å². The van der Waals surface area contributed by atoms with Crippen LogP contribution in [0.1, 0.15) is 18.9 Å². The second-order valence-electron chi connectivity index (χ2n) is 4.97. The van der Waals surface area contributed by atoms with Gasteiger partial charge >= 0.3 is 0 Å². The SMILES string of the molecule is C[C@@H]1C[C@@H]1C(=O)NCc1cccnc1-n1cccn1. The van der Waals surface area contributed by atoms with Gasteiger partial charge in [-0.1, -0.05) is 13.0 Å². The van der Waals surface area contributed by atoms with Gasteiger partial charge in [0.1, 0.15) is 0 Å². The first kappa shape index (κ1) is 11.9. The van der Waals surface area contributed by atoms with Crippen molar-refractivity contribution in [2.45, 2.75) is 19.9 Å². The molecule has 0 unspecified atom stereocenters. The number of hydrogen-bond acceptors (Lipinski definition) is 3. The molecule has 0 radical (unpaired) electrons. The van der Waals surface area contributed by atoms with Crippen LogP contribution in [0.4, 0.5) is 0 Å². The highest BCUT2D eigenvalue weighted by molar-refractivity contribution is 5.81. The Bertz CT molecular complexity index is 579. The van der Waals surface area contributed by atoms with Crippen molar-refractivity contribution in [1.29, 1.82) is 0 Å². The average molecular weight is 256 g/mol. The normalized spacial score (nSPS) is 21.1. The van der Waals surface area contributed by atoms with Crippen molar-refractivity contribution < 1.29 is 4.79 Å². The van der Waals surface area contributed by atoms with E-state index in [1.54, 1.807) is 17.1 Å². The van der Waals surface area contributed by atoms with Gasteiger partial charge in [0.15, 0.2) is 5.82 Å². The first-order valence-corrected chi connectivity index (χ1v) is 6.47. The monoisotopic (exact) mass is 256 g/mol. The molecule has 98 valence electrons. The predicted molar refractivity (Wildman–Crippen MR) is 70.5 cm³/mol. The Kier molecular flexibility index (Phi) is 3.03. The molecule has 1 fully saturated rings. The summed E-state index contributed by atoms with van der Waals surface area (Å²) < 4.78 is 1.71. The minimum absolute atomic E-state index is 0.141. The number of pyridine rings is 1. The topological polar surface area (TPSA) is 59.8 Å². The van der Waals surface area contributed by atoms with E-state index in [0.29, 0.717) is 12.5 Å². The van der Waals surface area contributed by atoms with Crippen molar-refractivity contribution in [3.8, 4) is 5.82 Å². The maximum Gasteiger partial charge on any atom is 0.223 e. The fourth-order valence-electron chi connectivity index (χ4n) is 2.17. The third kappa shape index (κ3) is 2.50. The molecule has 0 bridgehead atoms. The number of rotatable bonds is 4. The van der Waals surface area contributed by atoms with Crippen LogP contribution < -0.4 is 5.32 Å². The number of aromatic nitrogens is 3. The highest BCUT2D eigenvalue weighted by atomic mass is 16.2. The lowest BCUT2D eigenvalue weighted by Gasteiger charge is -2.09. The summed E-state index contributed by atoms with van der Waals surface area (Å²) >= 11 is 0. The van der Waals surface area contributed by atoms with E-state index in [9.17, 15) is 4.79 Å². The molecule has 0 aliphatic heterocycles. The van der Waals surface area contributed by atoms with Gasteiger partial charge in [-0.05, 0) is 24.5 Å². The first-order chi connectivity index (χ1) is 9.25. The van der Waals surface area contributed by atoms with Crippen LogP contribution in [0.15, 0.2) is 36.8 Å². The fraction of sp³-hybridized carbons (Fsp3) is 0.357. The summed E-state index contributed by atoms with van der Waals surface area (Å²) in [6, 6.07) is 5.68. The van der Waals surface area contributed by atoms with Crippen molar-refractivity contribution in [2.75, 3.05) is 0 Å².